The zero-order valence-corrected chi connectivity index (χ0v) is 20.4. The molecule has 1 aliphatic rings. The Morgan fingerprint density at radius 2 is 1.84 bits per heavy atom. The largest absolute Gasteiger partial charge is 0.416 e. The van der Waals surface area contributed by atoms with E-state index in [-0.39, 0.29) is 17.9 Å². The van der Waals surface area contributed by atoms with Gasteiger partial charge in [-0.2, -0.15) is 13.2 Å². The number of hydrogen-bond acceptors (Lipinski definition) is 5. The first-order valence-electron chi connectivity index (χ1n) is 9.63. The maximum Gasteiger partial charge on any atom is 0.416 e. The summed E-state index contributed by atoms with van der Waals surface area (Å²) < 4.78 is 66.3. The average molecular weight is 566 g/mol. The molecule has 0 amide bonds. The maximum atomic E-state index is 13.1. The van der Waals surface area contributed by atoms with Crippen molar-refractivity contribution in [1.29, 1.82) is 0 Å². The standard InChI is InChI=1S/C21H17BrClF3N2O2S2/c22-15-3-1-2-13(10-15)18-12-31-20(27-18)28-8-6-16(7-9-28)32(29,30)19-11-14(21(24,25)26)4-5-17(19)23/h1-5,10-12,16H,6-9H2. The number of piperidine rings is 1. The second-order valence-corrected chi connectivity index (χ2v) is 11.8. The number of halogens is 5. The van der Waals surface area contributed by atoms with Gasteiger partial charge in [-0.05, 0) is 43.2 Å². The molecule has 0 unspecified atom stereocenters. The lowest BCUT2D eigenvalue weighted by atomic mass is 10.1. The SMILES string of the molecule is O=S(=O)(c1cc(C(F)(F)F)ccc1Cl)C1CCN(c2nc(-c3cccc(Br)c3)cs2)CC1. The monoisotopic (exact) mass is 564 g/mol. The van der Waals surface area contributed by atoms with Crippen molar-refractivity contribution in [2.75, 3.05) is 18.0 Å². The molecule has 2 heterocycles. The van der Waals surface area contributed by atoms with Crippen molar-refractivity contribution in [2.45, 2.75) is 29.2 Å². The molecule has 1 fully saturated rings. The van der Waals surface area contributed by atoms with Gasteiger partial charge >= 0.3 is 6.18 Å². The maximum absolute atomic E-state index is 13.1. The molecule has 32 heavy (non-hydrogen) atoms. The Hall–Kier alpha value is -1.62. The van der Waals surface area contributed by atoms with E-state index in [9.17, 15) is 21.6 Å². The number of sulfone groups is 1. The second-order valence-electron chi connectivity index (χ2n) is 7.40. The molecule has 4 nitrogen and oxygen atoms in total. The zero-order valence-electron chi connectivity index (χ0n) is 16.4. The topological polar surface area (TPSA) is 50.3 Å². The van der Waals surface area contributed by atoms with Gasteiger partial charge in [-0.3, -0.25) is 0 Å². The van der Waals surface area contributed by atoms with E-state index in [1.54, 1.807) is 0 Å². The van der Waals surface area contributed by atoms with Crippen LogP contribution in [0.4, 0.5) is 18.3 Å². The molecule has 1 aromatic heterocycles. The lowest BCUT2D eigenvalue weighted by Gasteiger charge is -2.31. The minimum atomic E-state index is -4.64. The normalized spacial score (nSPS) is 15.8. The molecule has 11 heteroatoms. The fourth-order valence-corrected chi connectivity index (χ4v) is 7.17. The summed E-state index contributed by atoms with van der Waals surface area (Å²) in [5.41, 5.74) is 0.774. The van der Waals surface area contributed by atoms with Crippen LogP contribution in [0.2, 0.25) is 5.02 Å². The van der Waals surface area contributed by atoms with Crippen LogP contribution in [0.25, 0.3) is 11.3 Å². The molecule has 0 radical (unpaired) electrons. The lowest BCUT2D eigenvalue weighted by molar-refractivity contribution is -0.137. The van der Waals surface area contributed by atoms with Gasteiger partial charge in [0, 0.05) is 28.5 Å². The smallest absolute Gasteiger partial charge is 0.348 e. The van der Waals surface area contributed by atoms with E-state index in [0.29, 0.717) is 19.2 Å². The van der Waals surface area contributed by atoms with Crippen LogP contribution >= 0.6 is 38.9 Å². The fraction of sp³-hybridized carbons (Fsp3) is 0.286. The van der Waals surface area contributed by atoms with Gasteiger partial charge in [0.05, 0.1) is 26.4 Å². The first-order valence-corrected chi connectivity index (χ1v) is 13.2. The summed E-state index contributed by atoms with van der Waals surface area (Å²) in [5.74, 6) is 0. The summed E-state index contributed by atoms with van der Waals surface area (Å²) in [5, 5.41) is 1.73. The number of hydrogen-bond donors (Lipinski definition) is 0. The van der Waals surface area contributed by atoms with Crippen LogP contribution in [-0.4, -0.2) is 31.7 Å². The molecular formula is C21H17BrClF3N2O2S2. The predicted octanol–water partition coefficient (Wildman–Crippen LogP) is 6.69. The number of nitrogens with zero attached hydrogens (tertiary/aromatic N) is 2. The minimum absolute atomic E-state index is 0.195. The molecule has 170 valence electrons. The summed E-state index contributed by atoms with van der Waals surface area (Å²) >= 11 is 10.9. The van der Waals surface area contributed by atoms with Crippen molar-refractivity contribution in [2.24, 2.45) is 0 Å². The number of benzene rings is 2. The van der Waals surface area contributed by atoms with E-state index in [1.807, 2.05) is 34.5 Å². The molecule has 4 rings (SSSR count). The Balaban J connectivity index is 1.49. The Labute approximate surface area is 201 Å². The number of alkyl halides is 3. The fourth-order valence-electron chi connectivity index (χ4n) is 3.62. The van der Waals surface area contributed by atoms with Crippen LogP contribution in [-0.2, 0) is 16.0 Å². The van der Waals surface area contributed by atoms with Crippen molar-refractivity contribution in [3.8, 4) is 11.3 Å². The van der Waals surface area contributed by atoms with Gasteiger partial charge in [0.25, 0.3) is 0 Å². The average Bonchev–Trinajstić information content (AvgIpc) is 3.23. The number of rotatable bonds is 4. The van der Waals surface area contributed by atoms with E-state index in [2.05, 4.69) is 20.9 Å². The Morgan fingerprint density at radius 1 is 1.12 bits per heavy atom. The van der Waals surface area contributed by atoms with Gasteiger partial charge in [0.1, 0.15) is 0 Å². The van der Waals surface area contributed by atoms with Gasteiger partial charge in [-0.15, -0.1) is 11.3 Å². The number of anilines is 1. The summed E-state index contributed by atoms with van der Waals surface area (Å²) in [6.45, 7) is 0.873. The Kier molecular flexibility index (Phi) is 6.59. The summed E-state index contributed by atoms with van der Waals surface area (Å²) in [4.78, 5) is 6.22. The van der Waals surface area contributed by atoms with Crippen LogP contribution in [0.1, 0.15) is 18.4 Å². The van der Waals surface area contributed by atoms with E-state index < -0.39 is 31.7 Å². The highest BCUT2D eigenvalue weighted by Crippen LogP contribution is 2.37. The molecule has 0 atom stereocenters. The van der Waals surface area contributed by atoms with Crippen molar-refractivity contribution < 1.29 is 21.6 Å². The molecule has 0 spiro atoms. The number of thiazole rings is 1. The van der Waals surface area contributed by atoms with Crippen LogP contribution in [0, 0.1) is 0 Å². The van der Waals surface area contributed by atoms with Crippen molar-refractivity contribution in [1.82, 2.24) is 4.98 Å². The molecule has 0 aliphatic carbocycles. The van der Waals surface area contributed by atoms with Crippen LogP contribution < -0.4 is 4.90 Å². The highest BCUT2D eigenvalue weighted by molar-refractivity contribution is 9.10. The van der Waals surface area contributed by atoms with Crippen LogP contribution in [0.15, 0.2) is 57.2 Å². The minimum Gasteiger partial charge on any atom is -0.348 e. The van der Waals surface area contributed by atoms with E-state index in [1.165, 1.54) is 11.3 Å². The summed E-state index contributed by atoms with van der Waals surface area (Å²) in [6.07, 6.45) is -4.09. The van der Waals surface area contributed by atoms with Crippen molar-refractivity contribution in [3.63, 3.8) is 0 Å². The van der Waals surface area contributed by atoms with E-state index in [0.717, 1.165) is 33.0 Å². The van der Waals surface area contributed by atoms with Gasteiger partial charge in [-0.1, -0.05) is 39.7 Å². The highest BCUT2D eigenvalue weighted by Gasteiger charge is 2.36. The molecule has 1 saturated heterocycles. The molecule has 0 N–H and O–H groups in total. The van der Waals surface area contributed by atoms with E-state index in [4.69, 9.17) is 11.6 Å². The van der Waals surface area contributed by atoms with Crippen molar-refractivity contribution >= 4 is 53.8 Å². The third kappa shape index (κ3) is 4.83. The molecule has 0 saturated carbocycles. The van der Waals surface area contributed by atoms with E-state index >= 15 is 0 Å². The number of aromatic nitrogens is 1. The summed E-state index contributed by atoms with van der Waals surface area (Å²) in [6, 6.07) is 10.2. The lowest BCUT2D eigenvalue weighted by Crippen LogP contribution is -2.39. The molecule has 2 aromatic carbocycles. The molecule has 3 aromatic rings. The Morgan fingerprint density at radius 3 is 2.50 bits per heavy atom. The molecular weight excluding hydrogens is 549 g/mol. The van der Waals surface area contributed by atoms with Gasteiger partial charge in [-0.25, -0.2) is 13.4 Å². The quantitative estimate of drug-likeness (QED) is 0.354. The highest BCUT2D eigenvalue weighted by atomic mass is 79.9. The van der Waals surface area contributed by atoms with Crippen molar-refractivity contribution in [3.05, 3.63) is 62.9 Å². The van der Waals surface area contributed by atoms with Crippen LogP contribution in [0.3, 0.4) is 0 Å². The van der Waals surface area contributed by atoms with Gasteiger partial charge in [0.2, 0.25) is 0 Å². The second kappa shape index (κ2) is 8.96. The Bertz CT molecular complexity index is 1240. The van der Waals surface area contributed by atoms with Crippen LogP contribution in [0.5, 0.6) is 0 Å². The third-order valence-electron chi connectivity index (χ3n) is 5.33. The first-order chi connectivity index (χ1) is 15.1. The molecule has 1 aliphatic heterocycles. The van der Waals surface area contributed by atoms with Gasteiger partial charge < -0.3 is 4.90 Å². The zero-order chi connectivity index (χ0) is 23.1. The predicted molar refractivity (Wildman–Crippen MR) is 124 cm³/mol. The molecule has 0 bridgehead atoms. The first kappa shape index (κ1) is 23.5. The third-order valence-corrected chi connectivity index (χ3v) is 9.47. The summed E-state index contributed by atoms with van der Waals surface area (Å²) in [7, 11) is -4.00. The van der Waals surface area contributed by atoms with Gasteiger partial charge in [0.15, 0.2) is 15.0 Å².